The zero-order chi connectivity index (χ0) is 26.8. The molecule has 0 aromatic heterocycles. The maximum absolute atomic E-state index is 13.2. The van der Waals surface area contributed by atoms with Crippen molar-refractivity contribution in [3.63, 3.8) is 0 Å². The molecular weight excluding hydrogens is 502 g/mol. The number of nitrogens with zero attached hydrogens (tertiary/aromatic N) is 1. The van der Waals surface area contributed by atoms with Crippen LogP contribution in [0, 0.1) is 0 Å². The second kappa shape index (κ2) is 13.3. The van der Waals surface area contributed by atoms with Crippen LogP contribution in [0.5, 0.6) is 17.2 Å². The third kappa shape index (κ3) is 7.57. The number of amides is 2. The van der Waals surface area contributed by atoms with Crippen LogP contribution in [0.4, 0.5) is 0 Å². The van der Waals surface area contributed by atoms with Gasteiger partial charge < -0.3 is 19.5 Å². The molecule has 1 heterocycles. The van der Waals surface area contributed by atoms with Crippen molar-refractivity contribution in [3.05, 3.63) is 48.5 Å². The van der Waals surface area contributed by atoms with Crippen molar-refractivity contribution >= 4 is 21.8 Å². The number of carbonyl (C=O) groups is 2. The lowest BCUT2D eigenvalue weighted by atomic mass is 9.98. The number of unbranched alkanes of at least 4 members (excludes halogenated alkanes) is 1. The maximum Gasteiger partial charge on any atom is 0.261 e. The quantitative estimate of drug-likeness (QED) is 0.213. The predicted octanol–water partition coefficient (Wildman–Crippen LogP) is 2.10. The molecule has 3 N–H and O–H groups in total. The fourth-order valence-electron chi connectivity index (χ4n) is 4.11. The van der Waals surface area contributed by atoms with Crippen molar-refractivity contribution in [3.8, 4) is 17.2 Å². The van der Waals surface area contributed by atoms with Crippen LogP contribution in [0.1, 0.15) is 32.1 Å². The van der Waals surface area contributed by atoms with Crippen molar-refractivity contribution in [1.29, 1.82) is 0 Å². The number of piperidine rings is 1. The van der Waals surface area contributed by atoms with Gasteiger partial charge in [-0.3, -0.25) is 14.8 Å². The lowest BCUT2D eigenvalue weighted by Crippen LogP contribution is -2.56. The Morgan fingerprint density at radius 1 is 0.973 bits per heavy atom. The van der Waals surface area contributed by atoms with E-state index in [9.17, 15) is 23.2 Å². The van der Waals surface area contributed by atoms with E-state index in [0.29, 0.717) is 31.6 Å². The van der Waals surface area contributed by atoms with Gasteiger partial charge in [-0.05, 0) is 74.2 Å². The van der Waals surface area contributed by atoms with Crippen molar-refractivity contribution < 1.29 is 37.4 Å². The molecular formula is C25H33N3O8S. The first-order valence-electron chi connectivity index (χ1n) is 11.9. The Balaban J connectivity index is 1.50. The van der Waals surface area contributed by atoms with Gasteiger partial charge in [0.05, 0.1) is 25.7 Å². The lowest BCUT2D eigenvalue weighted by Gasteiger charge is -2.37. The second-order valence-electron chi connectivity index (χ2n) is 8.55. The highest BCUT2D eigenvalue weighted by Gasteiger charge is 2.41. The second-order valence-corrected chi connectivity index (χ2v) is 10.4. The van der Waals surface area contributed by atoms with Gasteiger partial charge in [-0.1, -0.05) is 0 Å². The largest absolute Gasteiger partial charge is 0.497 e. The number of sulfonamides is 1. The average molecular weight is 536 g/mol. The zero-order valence-corrected chi connectivity index (χ0v) is 21.7. The smallest absolute Gasteiger partial charge is 0.261 e. The standard InChI is InChI=1S/C25H33N3O8S/c1-34-19-6-8-21(9-7-19)36-16-4-3-5-24(29)26-18-14-15-28(23(17-18)25(30)27-31)37(32,33)22-12-10-20(35-2)11-13-22/h6-13,18,23,31H,3-5,14-17H2,1-2H3,(H,26,29)(H,27,30)/t18-,23-/m0/s1. The number of hydrogen-bond acceptors (Lipinski definition) is 8. The zero-order valence-electron chi connectivity index (χ0n) is 20.9. The molecule has 1 aliphatic rings. The van der Waals surface area contributed by atoms with Gasteiger partial charge in [0.1, 0.15) is 23.3 Å². The van der Waals surface area contributed by atoms with Gasteiger partial charge in [0.25, 0.3) is 5.91 Å². The van der Waals surface area contributed by atoms with E-state index < -0.39 is 28.0 Å². The summed E-state index contributed by atoms with van der Waals surface area (Å²) in [6.45, 7) is 0.465. The third-order valence-electron chi connectivity index (χ3n) is 6.12. The highest BCUT2D eigenvalue weighted by atomic mass is 32.2. The Morgan fingerprint density at radius 3 is 2.16 bits per heavy atom. The number of methoxy groups -OCH3 is 2. The molecule has 2 aromatic rings. The minimum absolute atomic E-state index is 0.00313. The Hall–Kier alpha value is -3.35. The van der Waals surface area contributed by atoms with E-state index >= 15 is 0 Å². The summed E-state index contributed by atoms with van der Waals surface area (Å²) in [5, 5.41) is 12.1. The van der Waals surface area contributed by atoms with Crippen molar-refractivity contribution in [1.82, 2.24) is 15.1 Å². The van der Waals surface area contributed by atoms with E-state index in [1.165, 1.54) is 31.4 Å². The summed E-state index contributed by atoms with van der Waals surface area (Å²) in [4.78, 5) is 24.8. The van der Waals surface area contributed by atoms with E-state index in [-0.39, 0.29) is 30.2 Å². The Bertz CT molecular complexity index is 1140. The normalized spacial score (nSPS) is 18.0. The van der Waals surface area contributed by atoms with E-state index in [2.05, 4.69) is 5.32 Å². The molecule has 37 heavy (non-hydrogen) atoms. The molecule has 1 aliphatic heterocycles. The molecule has 1 fully saturated rings. The molecule has 3 rings (SSSR count). The molecule has 2 amide bonds. The van der Waals surface area contributed by atoms with Gasteiger partial charge >= 0.3 is 0 Å². The van der Waals surface area contributed by atoms with E-state index in [1.54, 1.807) is 24.7 Å². The molecule has 0 spiro atoms. The number of nitrogens with one attached hydrogen (secondary N) is 2. The highest BCUT2D eigenvalue weighted by Crippen LogP contribution is 2.27. The number of rotatable bonds is 12. The van der Waals surface area contributed by atoms with Gasteiger partial charge in [-0.15, -0.1) is 0 Å². The highest BCUT2D eigenvalue weighted by molar-refractivity contribution is 7.89. The van der Waals surface area contributed by atoms with Crippen molar-refractivity contribution in [2.45, 2.75) is 49.1 Å². The van der Waals surface area contributed by atoms with Crippen LogP contribution < -0.4 is 25.0 Å². The number of ether oxygens (including phenoxy) is 3. The van der Waals surface area contributed by atoms with E-state index in [4.69, 9.17) is 14.2 Å². The van der Waals surface area contributed by atoms with Crippen LogP contribution in [-0.2, 0) is 19.6 Å². The minimum atomic E-state index is -4.02. The van der Waals surface area contributed by atoms with Crippen LogP contribution in [0.3, 0.4) is 0 Å². The van der Waals surface area contributed by atoms with Gasteiger partial charge in [0, 0.05) is 19.0 Å². The number of hydroxylamine groups is 1. The van der Waals surface area contributed by atoms with Crippen LogP contribution in [0.25, 0.3) is 0 Å². The van der Waals surface area contributed by atoms with Crippen LogP contribution >= 0.6 is 0 Å². The van der Waals surface area contributed by atoms with Gasteiger partial charge in [0.15, 0.2) is 0 Å². The molecule has 0 unspecified atom stereocenters. The first-order chi connectivity index (χ1) is 17.8. The van der Waals surface area contributed by atoms with Crippen LogP contribution in [0.2, 0.25) is 0 Å². The first kappa shape index (κ1) is 28.2. The summed E-state index contributed by atoms with van der Waals surface area (Å²) in [5.74, 6) is 0.912. The van der Waals surface area contributed by atoms with E-state index in [0.717, 1.165) is 15.8 Å². The molecule has 2 atom stereocenters. The predicted molar refractivity (Wildman–Crippen MR) is 134 cm³/mol. The summed E-state index contributed by atoms with van der Waals surface area (Å²) >= 11 is 0. The molecule has 0 bridgehead atoms. The maximum atomic E-state index is 13.2. The number of carbonyl (C=O) groups excluding carboxylic acids is 2. The molecule has 12 heteroatoms. The summed E-state index contributed by atoms with van der Waals surface area (Å²) in [6.07, 6.45) is 1.92. The number of hydrogen-bond donors (Lipinski definition) is 3. The molecule has 0 aliphatic carbocycles. The molecule has 11 nitrogen and oxygen atoms in total. The SMILES string of the molecule is COc1ccc(OCCCCC(=O)N[C@H]2CCN(S(=O)(=O)c3ccc(OC)cc3)[C@H](C(=O)NO)C2)cc1. The molecule has 202 valence electrons. The number of benzene rings is 2. The third-order valence-corrected chi connectivity index (χ3v) is 8.05. The monoisotopic (exact) mass is 535 g/mol. The summed E-state index contributed by atoms with van der Waals surface area (Å²) in [7, 11) is -0.952. The summed E-state index contributed by atoms with van der Waals surface area (Å²) < 4.78 is 43.3. The Labute approximate surface area is 216 Å². The molecule has 2 aromatic carbocycles. The van der Waals surface area contributed by atoms with E-state index in [1.807, 2.05) is 12.1 Å². The van der Waals surface area contributed by atoms with Gasteiger partial charge in [0.2, 0.25) is 15.9 Å². The lowest BCUT2D eigenvalue weighted by molar-refractivity contribution is -0.135. The fourth-order valence-corrected chi connectivity index (χ4v) is 5.72. The summed E-state index contributed by atoms with van der Waals surface area (Å²) in [5.41, 5.74) is 1.55. The average Bonchev–Trinajstić information content (AvgIpc) is 2.92. The van der Waals surface area contributed by atoms with Crippen LogP contribution in [-0.4, -0.2) is 69.2 Å². The Kier molecular flexibility index (Phi) is 10.1. The Morgan fingerprint density at radius 2 is 1.57 bits per heavy atom. The topological polar surface area (TPSA) is 144 Å². The molecule has 0 radical (unpaired) electrons. The fraction of sp³-hybridized carbons (Fsp3) is 0.440. The molecule has 1 saturated heterocycles. The van der Waals surface area contributed by atoms with Crippen LogP contribution in [0.15, 0.2) is 53.4 Å². The first-order valence-corrected chi connectivity index (χ1v) is 13.4. The van der Waals surface area contributed by atoms with Gasteiger partial charge in [-0.2, -0.15) is 4.31 Å². The van der Waals surface area contributed by atoms with Gasteiger partial charge in [-0.25, -0.2) is 13.9 Å². The minimum Gasteiger partial charge on any atom is -0.497 e. The molecule has 0 saturated carbocycles. The summed E-state index contributed by atoms with van der Waals surface area (Å²) in [6, 6.07) is 11.5. The van der Waals surface area contributed by atoms with Crippen molar-refractivity contribution in [2.75, 3.05) is 27.4 Å². The van der Waals surface area contributed by atoms with Crippen molar-refractivity contribution in [2.24, 2.45) is 0 Å².